The number of rotatable bonds is 6. The van der Waals surface area contributed by atoms with Crippen LogP contribution in [0.3, 0.4) is 0 Å². The maximum absolute atomic E-state index is 13.6. The minimum absolute atomic E-state index is 0.117. The molecule has 190 valence electrons. The number of hydrogen-bond donors (Lipinski definition) is 2. The molecule has 36 heavy (non-hydrogen) atoms. The Balaban J connectivity index is 1.48. The van der Waals surface area contributed by atoms with Crippen LogP contribution >= 0.6 is 22.9 Å². The molecule has 2 atom stereocenters. The predicted molar refractivity (Wildman–Crippen MR) is 144 cm³/mol. The summed E-state index contributed by atoms with van der Waals surface area (Å²) in [5.74, 6) is -0.633. The quantitative estimate of drug-likeness (QED) is 0.453. The fraction of sp³-hybridized carbons (Fsp3) is 0.393. The molecule has 3 aromatic rings. The summed E-state index contributed by atoms with van der Waals surface area (Å²) >= 11 is 7.44. The van der Waals surface area contributed by atoms with E-state index in [0.29, 0.717) is 30.2 Å². The van der Waals surface area contributed by atoms with Gasteiger partial charge < -0.3 is 15.3 Å². The van der Waals surface area contributed by atoms with Crippen LogP contribution in [-0.2, 0) is 10.4 Å². The molecule has 1 aliphatic rings. The molecule has 2 amide bonds. The van der Waals surface area contributed by atoms with E-state index in [-0.39, 0.29) is 17.7 Å². The van der Waals surface area contributed by atoms with E-state index in [2.05, 4.69) is 10.3 Å². The topological polar surface area (TPSA) is 82.5 Å². The van der Waals surface area contributed by atoms with Gasteiger partial charge in [-0.05, 0) is 30.0 Å². The van der Waals surface area contributed by atoms with Gasteiger partial charge in [-0.2, -0.15) is 0 Å². The fourth-order valence-electron chi connectivity index (χ4n) is 4.79. The zero-order chi connectivity index (χ0) is 26.1. The largest absolute Gasteiger partial charge is 0.384 e. The predicted octanol–water partition coefficient (Wildman–Crippen LogP) is 5.36. The monoisotopic (exact) mass is 525 g/mol. The van der Waals surface area contributed by atoms with Crippen molar-refractivity contribution in [3.8, 4) is 10.6 Å². The lowest BCUT2D eigenvalue weighted by molar-refractivity contribution is -0.155. The number of aliphatic hydroxyl groups is 1. The molecule has 4 rings (SSSR count). The van der Waals surface area contributed by atoms with Gasteiger partial charge in [0.2, 0.25) is 5.91 Å². The highest BCUT2D eigenvalue weighted by Crippen LogP contribution is 2.46. The number of likely N-dealkylation sites (tertiary alicyclic amines) is 1. The molecule has 1 fully saturated rings. The Morgan fingerprint density at radius 3 is 2.39 bits per heavy atom. The van der Waals surface area contributed by atoms with Crippen molar-refractivity contribution >= 4 is 34.8 Å². The summed E-state index contributed by atoms with van der Waals surface area (Å²) in [6.07, 6.45) is 0.388. The van der Waals surface area contributed by atoms with Gasteiger partial charge >= 0.3 is 0 Å². The van der Waals surface area contributed by atoms with Crippen molar-refractivity contribution in [3.05, 3.63) is 76.3 Å². The fourth-order valence-corrected chi connectivity index (χ4v) is 5.72. The SMILES string of the molecule is CC(C)[C@@H](NC(=O)c1csc(-c2ccccc2)n1)C(=O)N1CC[C@](O)(c2ccc(Cl)cc2)C(C)(C)C1. The first-order chi connectivity index (χ1) is 17.0. The third kappa shape index (κ3) is 5.19. The minimum atomic E-state index is -1.10. The van der Waals surface area contributed by atoms with Crippen LogP contribution in [0.2, 0.25) is 5.02 Å². The molecule has 0 unspecified atom stereocenters. The lowest BCUT2D eigenvalue weighted by Gasteiger charge is -2.51. The molecular formula is C28H32ClN3O3S. The van der Waals surface area contributed by atoms with Crippen LogP contribution in [0.15, 0.2) is 60.0 Å². The molecule has 1 aliphatic heterocycles. The molecule has 2 N–H and O–H groups in total. The number of benzene rings is 2. The summed E-state index contributed by atoms with van der Waals surface area (Å²) in [5.41, 5.74) is 0.324. The van der Waals surface area contributed by atoms with Gasteiger partial charge in [0.1, 0.15) is 16.7 Å². The van der Waals surface area contributed by atoms with Crippen LogP contribution in [0.5, 0.6) is 0 Å². The molecular weight excluding hydrogens is 494 g/mol. The molecule has 1 aromatic heterocycles. The molecule has 0 spiro atoms. The molecule has 8 heteroatoms. The van der Waals surface area contributed by atoms with Gasteiger partial charge in [-0.25, -0.2) is 4.98 Å². The molecule has 0 bridgehead atoms. The minimum Gasteiger partial charge on any atom is -0.384 e. The van der Waals surface area contributed by atoms with Gasteiger partial charge in [0.05, 0.1) is 5.60 Å². The number of thiazole rings is 1. The highest BCUT2D eigenvalue weighted by Gasteiger charge is 2.50. The van der Waals surface area contributed by atoms with E-state index < -0.39 is 17.1 Å². The number of nitrogens with zero attached hydrogens (tertiary/aromatic N) is 2. The molecule has 0 aliphatic carbocycles. The number of halogens is 1. The third-order valence-corrected chi connectivity index (χ3v) is 8.20. The standard InChI is InChI=1S/C28H32ClN3O3S/c1-18(2)23(31-24(33)22-16-36-25(30-22)19-8-6-5-7-9-19)26(34)32-15-14-28(35,27(3,4)17-32)20-10-12-21(29)13-11-20/h5-13,16,18,23,35H,14-15,17H2,1-4H3,(H,31,33)/t23-,28+/m1/s1. The smallest absolute Gasteiger partial charge is 0.271 e. The Morgan fingerprint density at radius 1 is 1.11 bits per heavy atom. The molecule has 0 radical (unpaired) electrons. The van der Waals surface area contributed by atoms with Crippen LogP contribution in [0, 0.1) is 11.3 Å². The first-order valence-electron chi connectivity index (χ1n) is 12.1. The summed E-state index contributed by atoms with van der Waals surface area (Å²) in [6, 6.07) is 16.2. The summed E-state index contributed by atoms with van der Waals surface area (Å²) in [5, 5.41) is 17.6. The second kappa shape index (κ2) is 10.3. The Hall–Kier alpha value is -2.74. The number of amides is 2. The van der Waals surface area contributed by atoms with E-state index in [1.165, 1.54) is 11.3 Å². The van der Waals surface area contributed by atoms with Crippen molar-refractivity contribution in [3.63, 3.8) is 0 Å². The number of piperidine rings is 1. The highest BCUT2D eigenvalue weighted by molar-refractivity contribution is 7.13. The molecule has 2 aromatic carbocycles. The van der Waals surface area contributed by atoms with Crippen LogP contribution in [-0.4, -0.2) is 45.9 Å². The highest BCUT2D eigenvalue weighted by atomic mass is 35.5. The first-order valence-corrected chi connectivity index (χ1v) is 13.4. The van der Waals surface area contributed by atoms with Gasteiger partial charge in [-0.3, -0.25) is 9.59 Å². The maximum Gasteiger partial charge on any atom is 0.271 e. The third-order valence-electron chi connectivity index (χ3n) is 7.06. The van der Waals surface area contributed by atoms with E-state index in [4.69, 9.17) is 11.6 Å². The van der Waals surface area contributed by atoms with E-state index in [9.17, 15) is 14.7 Å². The van der Waals surface area contributed by atoms with E-state index in [0.717, 1.165) is 16.1 Å². The van der Waals surface area contributed by atoms with Crippen molar-refractivity contribution in [2.45, 2.75) is 45.8 Å². The van der Waals surface area contributed by atoms with Crippen molar-refractivity contribution < 1.29 is 14.7 Å². The molecule has 1 saturated heterocycles. The zero-order valence-electron chi connectivity index (χ0n) is 21.0. The maximum atomic E-state index is 13.6. The van der Waals surface area contributed by atoms with Gasteiger partial charge in [-0.1, -0.05) is 81.8 Å². The van der Waals surface area contributed by atoms with Gasteiger partial charge in [0.15, 0.2) is 0 Å². The number of nitrogens with one attached hydrogen (secondary N) is 1. The summed E-state index contributed by atoms with van der Waals surface area (Å²) in [7, 11) is 0. The van der Waals surface area contributed by atoms with Crippen molar-refractivity contribution in [2.24, 2.45) is 11.3 Å². The normalized spacial score (nSPS) is 20.2. The zero-order valence-corrected chi connectivity index (χ0v) is 22.6. The van der Waals surface area contributed by atoms with Crippen LogP contribution in [0.4, 0.5) is 0 Å². The van der Waals surface area contributed by atoms with Gasteiger partial charge in [0, 0.05) is 34.5 Å². The second-order valence-corrected chi connectivity index (χ2v) is 11.7. The van der Waals surface area contributed by atoms with Crippen LogP contribution in [0.1, 0.15) is 50.2 Å². The number of hydrogen-bond acceptors (Lipinski definition) is 5. The summed E-state index contributed by atoms with van der Waals surface area (Å²) in [6.45, 7) is 8.50. The van der Waals surface area contributed by atoms with E-state index in [1.807, 2.05) is 70.2 Å². The Labute approximate surface area is 221 Å². The average Bonchev–Trinajstić information content (AvgIpc) is 3.35. The summed E-state index contributed by atoms with van der Waals surface area (Å²) < 4.78 is 0. The lowest BCUT2D eigenvalue weighted by Crippen LogP contribution is -2.60. The van der Waals surface area contributed by atoms with Crippen LogP contribution < -0.4 is 5.32 Å². The first kappa shape index (κ1) is 26.3. The van der Waals surface area contributed by atoms with Crippen molar-refractivity contribution in [1.29, 1.82) is 0 Å². The van der Waals surface area contributed by atoms with Crippen LogP contribution in [0.25, 0.3) is 10.6 Å². The molecule has 6 nitrogen and oxygen atoms in total. The van der Waals surface area contributed by atoms with E-state index >= 15 is 0 Å². The Morgan fingerprint density at radius 2 is 1.78 bits per heavy atom. The lowest BCUT2D eigenvalue weighted by atomic mass is 9.66. The van der Waals surface area contributed by atoms with Gasteiger partial charge in [-0.15, -0.1) is 11.3 Å². The number of carbonyl (C=O) groups is 2. The number of carbonyl (C=O) groups excluding carboxylic acids is 2. The number of aromatic nitrogens is 1. The Bertz CT molecular complexity index is 1230. The summed E-state index contributed by atoms with van der Waals surface area (Å²) in [4.78, 5) is 32.9. The second-order valence-electron chi connectivity index (χ2n) is 10.4. The molecule has 0 saturated carbocycles. The Kier molecular flexibility index (Phi) is 7.55. The van der Waals surface area contributed by atoms with Crippen molar-refractivity contribution in [1.82, 2.24) is 15.2 Å². The van der Waals surface area contributed by atoms with Gasteiger partial charge in [0.25, 0.3) is 5.91 Å². The van der Waals surface area contributed by atoms with E-state index in [1.54, 1.807) is 22.4 Å². The van der Waals surface area contributed by atoms with Crippen molar-refractivity contribution in [2.75, 3.05) is 13.1 Å². The molecule has 2 heterocycles. The average molecular weight is 526 g/mol.